The summed E-state index contributed by atoms with van der Waals surface area (Å²) in [6, 6.07) is 5.05. The molecule has 5 rings (SSSR count). The molecule has 4 amide bonds. The van der Waals surface area contributed by atoms with Crippen molar-refractivity contribution >= 4 is 34.3 Å². The molecule has 0 radical (unpaired) electrons. The number of aromatic nitrogens is 1. The van der Waals surface area contributed by atoms with Crippen LogP contribution in [0.25, 0.3) is 10.8 Å². The molecule has 0 N–H and O–H groups in total. The molecule has 0 saturated carbocycles. The Hall–Kier alpha value is -3.68. The van der Waals surface area contributed by atoms with Gasteiger partial charge in [0.25, 0.3) is 5.91 Å². The molecule has 1 aromatic carbocycles. The minimum absolute atomic E-state index is 0.121. The van der Waals surface area contributed by atoms with Crippen molar-refractivity contribution in [3.63, 3.8) is 0 Å². The van der Waals surface area contributed by atoms with Crippen LogP contribution in [0, 0.1) is 11.3 Å². The van der Waals surface area contributed by atoms with Crippen LogP contribution >= 0.6 is 0 Å². The number of likely N-dealkylation sites (tertiary alicyclic amines) is 1. The predicted octanol–water partition coefficient (Wildman–Crippen LogP) is 1.79. The predicted molar refractivity (Wildman–Crippen MR) is 94.9 cm³/mol. The number of benzene rings is 1. The van der Waals surface area contributed by atoms with E-state index in [0.717, 1.165) is 4.90 Å². The number of nitriles is 1. The van der Waals surface area contributed by atoms with Crippen LogP contribution in [0.5, 0.6) is 0 Å². The van der Waals surface area contributed by atoms with Gasteiger partial charge in [0.15, 0.2) is 0 Å². The number of pyridine rings is 1. The molecule has 2 bridgehead atoms. The van der Waals surface area contributed by atoms with E-state index in [1.54, 1.807) is 24.3 Å². The summed E-state index contributed by atoms with van der Waals surface area (Å²) in [6.07, 6.45) is -3.68. The van der Waals surface area contributed by atoms with Gasteiger partial charge < -0.3 is 9.80 Å². The molecule has 3 atom stereocenters. The van der Waals surface area contributed by atoms with E-state index in [4.69, 9.17) is 0 Å². The van der Waals surface area contributed by atoms with Gasteiger partial charge in [0, 0.05) is 17.3 Å². The smallest absolute Gasteiger partial charge is 0.327 e. The third-order valence-electron chi connectivity index (χ3n) is 5.89. The number of fused-ring (bicyclic) bond motifs is 6. The Balaban J connectivity index is 1.56. The van der Waals surface area contributed by atoms with Crippen LogP contribution in [-0.2, 0) is 9.59 Å². The van der Waals surface area contributed by atoms with Crippen molar-refractivity contribution in [1.29, 1.82) is 5.26 Å². The van der Waals surface area contributed by atoms with Gasteiger partial charge in [-0.25, -0.2) is 14.7 Å². The summed E-state index contributed by atoms with van der Waals surface area (Å²) >= 11 is 0. The Morgan fingerprint density at radius 2 is 1.90 bits per heavy atom. The molecule has 3 aliphatic rings. The maximum Gasteiger partial charge on any atom is 0.471 e. The zero-order valence-electron chi connectivity index (χ0n) is 15.1. The number of carbonyl (C=O) groups is 3. The van der Waals surface area contributed by atoms with Crippen LogP contribution in [0.15, 0.2) is 30.5 Å². The van der Waals surface area contributed by atoms with E-state index >= 15 is 0 Å². The maximum atomic E-state index is 13.2. The van der Waals surface area contributed by atoms with E-state index in [1.165, 1.54) is 11.1 Å². The third kappa shape index (κ3) is 2.27. The second-order valence-corrected chi connectivity index (χ2v) is 7.37. The number of nitrogens with zero attached hydrogens (tertiary/aromatic N) is 5. The fraction of sp³-hybridized carbons (Fsp3) is 0.316. The van der Waals surface area contributed by atoms with Gasteiger partial charge in [-0.15, -0.1) is 0 Å². The molecule has 0 spiro atoms. The quantitative estimate of drug-likeness (QED) is 0.662. The van der Waals surface area contributed by atoms with Crippen molar-refractivity contribution in [3.05, 3.63) is 36.2 Å². The fourth-order valence-electron chi connectivity index (χ4n) is 4.72. The summed E-state index contributed by atoms with van der Waals surface area (Å²) in [5.41, 5.74) is 0.276. The van der Waals surface area contributed by atoms with Crippen molar-refractivity contribution < 1.29 is 27.6 Å². The molecule has 152 valence electrons. The van der Waals surface area contributed by atoms with E-state index in [2.05, 4.69) is 4.98 Å². The van der Waals surface area contributed by atoms with Crippen LogP contribution in [0.4, 0.5) is 23.7 Å². The van der Waals surface area contributed by atoms with Crippen LogP contribution in [0.1, 0.15) is 12.1 Å². The Morgan fingerprint density at radius 3 is 2.57 bits per heavy atom. The van der Waals surface area contributed by atoms with Crippen molar-refractivity contribution in [2.24, 2.45) is 0 Å². The number of carbonyl (C=O) groups excluding carboxylic acids is 3. The first-order valence-electron chi connectivity index (χ1n) is 9.06. The molecule has 30 heavy (non-hydrogen) atoms. The van der Waals surface area contributed by atoms with Gasteiger partial charge in [-0.1, -0.05) is 24.3 Å². The van der Waals surface area contributed by atoms with E-state index in [0.29, 0.717) is 15.7 Å². The van der Waals surface area contributed by atoms with E-state index in [1.807, 2.05) is 6.07 Å². The Labute approximate surface area is 167 Å². The lowest BCUT2D eigenvalue weighted by Gasteiger charge is -2.35. The van der Waals surface area contributed by atoms with Crippen LogP contribution in [0.2, 0.25) is 0 Å². The highest BCUT2D eigenvalue weighted by molar-refractivity contribution is 6.25. The number of amides is 4. The second-order valence-electron chi connectivity index (χ2n) is 7.37. The van der Waals surface area contributed by atoms with Gasteiger partial charge in [-0.2, -0.15) is 18.4 Å². The molecule has 11 heteroatoms. The lowest BCUT2D eigenvalue weighted by Crippen LogP contribution is -2.57. The van der Waals surface area contributed by atoms with Gasteiger partial charge in [0.1, 0.15) is 17.8 Å². The summed E-state index contributed by atoms with van der Waals surface area (Å²) in [5.74, 6) is -2.71. The number of hydrogen-bond donors (Lipinski definition) is 0. The van der Waals surface area contributed by atoms with Gasteiger partial charge in [0.2, 0.25) is 0 Å². The van der Waals surface area contributed by atoms with Crippen LogP contribution in [-0.4, -0.2) is 63.5 Å². The molecule has 8 nitrogen and oxygen atoms in total. The Kier molecular flexibility index (Phi) is 3.62. The molecular weight excluding hydrogens is 403 g/mol. The minimum Gasteiger partial charge on any atom is -0.327 e. The van der Waals surface area contributed by atoms with Crippen molar-refractivity contribution in [2.45, 2.75) is 30.7 Å². The zero-order valence-corrected chi connectivity index (χ0v) is 15.1. The molecule has 0 aliphatic carbocycles. The number of hydrogen-bond acceptors (Lipinski definition) is 5. The Bertz CT molecular complexity index is 1170. The third-order valence-corrected chi connectivity index (χ3v) is 5.89. The largest absolute Gasteiger partial charge is 0.471 e. The van der Waals surface area contributed by atoms with Gasteiger partial charge in [-0.3, -0.25) is 9.59 Å². The summed E-state index contributed by atoms with van der Waals surface area (Å²) in [7, 11) is 0. The highest BCUT2D eigenvalue weighted by Gasteiger charge is 2.64. The standard InChI is InChI=1S/C19H12F3N5O3/c20-19(21,22)17(29)25-8-9-5-13(25)15-16(28)27(18(30)26(9)15)14-7-24-12(6-23)10-3-1-2-4-11(10)14/h1-4,7,9,13,15H,5,8H2/t9-,13?,15+/m1/s1. The molecule has 4 heterocycles. The molecule has 3 fully saturated rings. The number of halogens is 3. The van der Waals surface area contributed by atoms with Crippen LogP contribution < -0.4 is 4.90 Å². The first-order valence-corrected chi connectivity index (χ1v) is 9.06. The molecule has 3 aliphatic heterocycles. The maximum absolute atomic E-state index is 13.2. The zero-order chi connectivity index (χ0) is 21.4. The lowest BCUT2D eigenvalue weighted by molar-refractivity contribution is -0.188. The van der Waals surface area contributed by atoms with Gasteiger partial charge in [-0.05, 0) is 6.42 Å². The molecule has 1 unspecified atom stereocenters. The average molecular weight is 415 g/mol. The molecule has 1 aromatic heterocycles. The summed E-state index contributed by atoms with van der Waals surface area (Å²) in [5, 5.41) is 10.1. The van der Waals surface area contributed by atoms with Crippen molar-refractivity contribution in [3.8, 4) is 6.07 Å². The molecular formula is C19H12F3N5O3. The lowest BCUT2D eigenvalue weighted by atomic mass is 10.1. The van der Waals surface area contributed by atoms with E-state index in [-0.39, 0.29) is 24.3 Å². The van der Waals surface area contributed by atoms with Gasteiger partial charge in [0.05, 0.1) is 24.0 Å². The molecule has 3 saturated heterocycles. The number of anilines is 1. The monoisotopic (exact) mass is 415 g/mol. The van der Waals surface area contributed by atoms with E-state index in [9.17, 15) is 32.8 Å². The molecule has 2 aromatic rings. The van der Waals surface area contributed by atoms with Crippen molar-refractivity contribution in [1.82, 2.24) is 14.8 Å². The number of piperazine rings is 1. The first kappa shape index (κ1) is 18.4. The number of rotatable bonds is 1. The summed E-state index contributed by atoms with van der Waals surface area (Å²) in [4.78, 5) is 44.8. The van der Waals surface area contributed by atoms with Gasteiger partial charge >= 0.3 is 18.1 Å². The SMILES string of the molecule is N#Cc1ncc(N2C(=O)[C@@H]3C4C[C@H](CN4C(=O)C(F)(F)F)N3C2=O)c2ccccc12. The number of imide groups is 1. The Morgan fingerprint density at radius 1 is 1.20 bits per heavy atom. The normalized spacial score (nSPS) is 25.3. The number of urea groups is 1. The fourth-order valence-corrected chi connectivity index (χ4v) is 4.72. The first-order chi connectivity index (χ1) is 14.2. The summed E-state index contributed by atoms with van der Waals surface area (Å²) in [6.45, 7) is -0.265. The topological polar surface area (TPSA) is 97.6 Å². The summed E-state index contributed by atoms with van der Waals surface area (Å²) < 4.78 is 38.8. The van der Waals surface area contributed by atoms with Crippen molar-refractivity contribution in [2.75, 3.05) is 11.4 Å². The average Bonchev–Trinajstić information content (AvgIpc) is 3.37. The minimum atomic E-state index is -5.05. The van der Waals surface area contributed by atoms with Crippen LogP contribution in [0.3, 0.4) is 0 Å². The highest BCUT2D eigenvalue weighted by Crippen LogP contribution is 2.44. The van der Waals surface area contributed by atoms with E-state index < -0.39 is 42.1 Å². The second kappa shape index (κ2) is 5.91. The number of alkyl halides is 3. The highest BCUT2D eigenvalue weighted by atomic mass is 19.4.